The smallest absolute Gasteiger partial charge is 0.200 e. The lowest BCUT2D eigenvalue weighted by Crippen LogP contribution is -2.12. The first-order valence-electron chi connectivity index (χ1n) is 6.52. The van der Waals surface area contributed by atoms with E-state index in [1.807, 2.05) is 0 Å². The molecule has 0 radical (unpaired) electrons. The van der Waals surface area contributed by atoms with Gasteiger partial charge in [-0.05, 0) is 36.4 Å². The number of phenolic OH excluding ortho intramolecular Hbond substituents is 3. The summed E-state index contributed by atoms with van der Waals surface area (Å²) in [5.74, 6) is -2.05. The Labute approximate surface area is 136 Å². The van der Waals surface area contributed by atoms with Crippen LogP contribution >= 0.6 is 11.6 Å². The molecule has 0 aliphatic heterocycles. The first-order chi connectivity index (χ1) is 10.9. The molecule has 0 fully saturated rings. The second-order valence-electron chi connectivity index (χ2n) is 4.65. The Balaban J connectivity index is 2.12. The van der Waals surface area contributed by atoms with Gasteiger partial charge in [0.2, 0.25) is 0 Å². The molecule has 0 bridgehead atoms. The molecule has 6 nitrogen and oxygen atoms in total. The minimum atomic E-state index is -0.478. The van der Waals surface area contributed by atoms with Crippen molar-refractivity contribution >= 4 is 23.2 Å². The maximum atomic E-state index is 12.0. The second kappa shape index (κ2) is 7.02. The van der Waals surface area contributed by atoms with Gasteiger partial charge in [-0.25, -0.2) is 0 Å². The van der Waals surface area contributed by atoms with Crippen molar-refractivity contribution in [1.82, 2.24) is 0 Å². The summed E-state index contributed by atoms with van der Waals surface area (Å²) in [4.78, 5) is 23.5. The maximum Gasteiger partial charge on any atom is 0.200 e. The van der Waals surface area contributed by atoms with Gasteiger partial charge in [-0.2, -0.15) is 0 Å². The largest absolute Gasteiger partial charge is 0.504 e. The number of phenols is 3. The normalized spacial score (nSPS) is 10.3. The van der Waals surface area contributed by atoms with Crippen LogP contribution in [-0.4, -0.2) is 39.4 Å². The van der Waals surface area contributed by atoms with Crippen LogP contribution in [-0.2, 0) is 0 Å². The Morgan fingerprint density at radius 2 is 1.48 bits per heavy atom. The van der Waals surface area contributed by atoms with Crippen molar-refractivity contribution < 1.29 is 29.6 Å². The number of halogens is 1. The van der Waals surface area contributed by atoms with E-state index in [0.717, 1.165) is 6.07 Å². The number of Topliss-reactive ketones (excluding diaryl/α,β-unsaturated/α-hetero) is 2. The molecule has 0 aliphatic carbocycles. The molecule has 0 amide bonds. The molecule has 2 aromatic rings. The SMILES string of the molecule is O=C(CCl)c1ccc(O)c(OCC(=O)c2ccc(O)c(O)c2)c1. The second-order valence-corrected chi connectivity index (χ2v) is 4.92. The summed E-state index contributed by atoms with van der Waals surface area (Å²) in [7, 11) is 0. The van der Waals surface area contributed by atoms with E-state index in [9.17, 15) is 24.9 Å². The fourth-order valence-electron chi connectivity index (χ4n) is 1.80. The number of benzene rings is 2. The third-order valence-corrected chi connectivity index (χ3v) is 3.30. The predicted octanol–water partition coefficient (Wildman–Crippen LogP) is 2.49. The molecular weight excluding hydrogens is 324 g/mol. The molecule has 120 valence electrons. The van der Waals surface area contributed by atoms with E-state index < -0.39 is 18.1 Å². The third kappa shape index (κ3) is 3.92. The number of hydrogen-bond acceptors (Lipinski definition) is 6. The van der Waals surface area contributed by atoms with Gasteiger partial charge in [0.25, 0.3) is 0 Å². The van der Waals surface area contributed by atoms with Gasteiger partial charge in [-0.1, -0.05) is 0 Å². The van der Waals surface area contributed by atoms with Crippen LogP contribution in [0.4, 0.5) is 0 Å². The van der Waals surface area contributed by atoms with Crippen molar-refractivity contribution in [2.24, 2.45) is 0 Å². The summed E-state index contributed by atoms with van der Waals surface area (Å²) in [6.45, 7) is -0.420. The molecule has 0 atom stereocenters. The summed E-state index contributed by atoms with van der Waals surface area (Å²) < 4.78 is 5.22. The van der Waals surface area contributed by atoms with Gasteiger partial charge in [0.1, 0.15) is 0 Å². The fraction of sp³-hybridized carbons (Fsp3) is 0.125. The minimum absolute atomic E-state index is 0.0303. The van der Waals surface area contributed by atoms with E-state index in [-0.39, 0.29) is 40.0 Å². The van der Waals surface area contributed by atoms with Gasteiger partial charge in [-0.15, -0.1) is 11.6 Å². The van der Waals surface area contributed by atoms with Crippen molar-refractivity contribution in [1.29, 1.82) is 0 Å². The summed E-state index contributed by atoms with van der Waals surface area (Å²) in [5.41, 5.74) is 0.385. The predicted molar refractivity (Wildman–Crippen MR) is 82.8 cm³/mol. The van der Waals surface area contributed by atoms with Gasteiger partial charge in [0.05, 0.1) is 5.88 Å². The lowest BCUT2D eigenvalue weighted by molar-refractivity contribution is 0.0919. The quantitative estimate of drug-likeness (QED) is 0.425. The van der Waals surface area contributed by atoms with Crippen LogP contribution in [0.5, 0.6) is 23.0 Å². The monoisotopic (exact) mass is 336 g/mol. The van der Waals surface area contributed by atoms with Crippen LogP contribution in [0.2, 0.25) is 0 Å². The Morgan fingerprint density at radius 3 is 2.09 bits per heavy atom. The number of rotatable bonds is 6. The molecule has 2 aromatic carbocycles. The average molecular weight is 337 g/mol. The Bertz CT molecular complexity index is 756. The van der Waals surface area contributed by atoms with Crippen molar-refractivity contribution in [2.45, 2.75) is 0 Å². The highest BCUT2D eigenvalue weighted by molar-refractivity contribution is 6.30. The third-order valence-electron chi connectivity index (χ3n) is 3.06. The number of hydrogen-bond donors (Lipinski definition) is 3. The van der Waals surface area contributed by atoms with Crippen LogP contribution < -0.4 is 4.74 Å². The van der Waals surface area contributed by atoms with E-state index in [2.05, 4.69) is 0 Å². The van der Waals surface area contributed by atoms with E-state index in [1.54, 1.807) is 0 Å². The Morgan fingerprint density at radius 1 is 0.870 bits per heavy atom. The van der Waals surface area contributed by atoms with Crippen LogP contribution in [0.15, 0.2) is 36.4 Å². The van der Waals surface area contributed by atoms with Gasteiger partial charge in [-0.3, -0.25) is 9.59 Å². The van der Waals surface area contributed by atoms with E-state index >= 15 is 0 Å². The number of aromatic hydroxyl groups is 3. The van der Waals surface area contributed by atoms with Crippen LogP contribution in [0.3, 0.4) is 0 Å². The number of carbonyl (C=O) groups excluding carboxylic acids is 2. The highest BCUT2D eigenvalue weighted by Gasteiger charge is 2.13. The highest BCUT2D eigenvalue weighted by Crippen LogP contribution is 2.28. The zero-order valence-corrected chi connectivity index (χ0v) is 12.6. The zero-order valence-electron chi connectivity index (χ0n) is 11.8. The number of carbonyl (C=O) groups is 2. The first-order valence-corrected chi connectivity index (χ1v) is 7.06. The van der Waals surface area contributed by atoms with E-state index in [0.29, 0.717) is 0 Å². The Hall–Kier alpha value is -2.73. The molecule has 0 unspecified atom stereocenters. The molecule has 0 spiro atoms. The maximum absolute atomic E-state index is 12.0. The molecular formula is C16H13ClO6. The lowest BCUT2D eigenvalue weighted by atomic mass is 10.1. The molecule has 0 saturated carbocycles. The van der Waals surface area contributed by atoms with Crippen molar-refractivity contribution in [3.8, 4) is 23.0 Å². The van der Waals surface area contributed by atoms with Crippen LogP contribution in [0.25, 0.3) is 0 Å². The number of ketones is 2. The molecule has 2 rings (SSSR count). The van der Waals surface area contributed by atoms with E-state index in [4.69, 9.17) is 16.3 Å². The fourth-order valence-corrected chi connectivity index (χ4v) is 1.96. The van der Waals surface area contributed by atoms with E-state index in [1.165, 1.54) is 30.3 Å². The molecule has 3 N–H and O–H groups in total. The standard InChI is InChI=1S/C16H13ClO6/c17-7-14(21)10-2-4-12(19)16(6-10)23-8-15(22)9-1-3-11(18)13(20)5-9/h1-6,18-20H,7-8H2. The molecule has 0 saturated heterocycles. The molecule has 23 heavy (non-hydrogen) atoms. The molecule has 0 aliphatic rings. The topological polar surface area (TPSA) is 104 Å². The molecule has 0 heterocycles. The average Bonchev–Trinajstić information content (AvgIpc) is 2.55. The molecule has 0 aromatic heterocycles. The molecule has 7 heteroatoms. The van der Waals surface area contributed by atoms with Crippen molar-refractivity contribution in [3.05, 3.63) is 47.5 Å². The van der Waals surface area contributed by atoms with Gasteiger partial charge in [0, 0.05) is 11.1 Å². The minimum Gasteiger partial charge on any atom is -0.504 e. The van der Waals surface area contributed by atoms with Gasteiger partial charge in [0.15, 0.2) is 41.2 Å². The zero-order chi connectivity index (χ0) is 17.0. The first kappa shape index (κ1) is 16.6. The summed E-state index contributed by atoms with van der Waals surface area (Å²) in [5, 5.41) is 28.3. The summed E-state index contributed by atoms with van der Waals surface area (Å²) in [6.07, 6.45) is 0. The van der Waals surface area contributed by atoms with Crippen LogP contribution in [0.1, 0.15) is 20.7 Å². The highest BCUT2D eigenvalue weighted by atomic mass is 35.5. The summed E-state index contributed by atoms with van der Waals surface area (Å²) >= 11 is 5.46. The Kier molecular flexibility index (Phi) is 5.08. The van der Waals surface area contributed by atoms with Gasteiger partial charge >= 0.3 is 0 Å². The summed E-state index contributed by atoms with van der Waals surface area (Å²) in [6, 6.07) is 7.57. The van der Waals surface area contributed by atoms with Crippen molar-refractivity contribution in [3.63, 3.8) is 0 Å². The van der Waals surface area contributed by atoms with Gasteiger partial charge < -0.3 is 20.1 Å². The lowest BCUT2D eigenvalue weighted by Gasteiger charge is -2.09. The number of ether oxygens (including phenoxy) is 1. The number of alkyl halides is 1. The van der Waals surface area contributed by atoms with Crippen LogP contribution in [0, 0.1) is 0 Å². The van der Waals surface area contributed by atoms with Crippen molar-refractivity contribution in [2.75, 3.05) is 12.5 Å².